The van der Waals surface area contributed by atoms with E-state index in [0.29, 0.717) is 0 Å². The average Bonchev–Trinajstić information content (AvgIpc) is 1.95. The Hall–Kier alpha value is -0.0400. The highest BCUT2D eigenvalue weighted by atomic mass is 16.3. The minimum absolute atomic E-state index is 0.269. The molecule has 1 nitrogen and oxygen atoms in total. The van der Waals surface area contributed by atoms with Crippen molar-refractivity contribution in [1.82, 2.24) is 0 Å². The van der Waals surface area contributed by atoms with Crippen LogP contribution in [0, 0.1) is 11.3 Å². The van der Waals surface area contributed by atoms with Gasteiger partial charge in [-0.1, -0.05) is 13.8 Å². The van der Waals surface area contributed by atoms with E-state index in [1.165, 1.54) is 19.3 Å². The summed E-state index contributed by atoms with van der Waals surface area (Å²) in [5.74, 6) is 0.743. The van der Waals surface area contributed by atoms with Gasteiger partial charge in [0.2, 0.25) is 0 Å². The number of hydrogen-bond acceptors (Lipinski definition) is 1. The molecule has 2 rings (SSSR count). The first-order valence-corrected chi connectivity index (χ1v) is 4.81. The molecule has 0 radical (unpaired) electrons. The van der Waals surface area contributed by atoms with Gasteiger partial charge in [-0.3, -0.25) is 0 Å². The Morgan fingerprint density at radius 1 is 1.27 bits per heavy atom. The maximum atomic E-state index is 10.2. The Labute approximate surface area is 68.8 Å². The fourth-order valence-electron chi connectivity index (χ4n) is 2.64. The van der Waals surface area contributed by atoms with Crippen LogP contribution in [0.25, 0.3) is 0 Å². The smallest absolute Gasteiger partial charge is 0.0703 e. The van der Waals surface area contributed by atoms with Crippen LogP contribution in [0.2, 0.25) is 0 Å². The maximum Gasteiger partial charge on any atom is 0.0703 e. The van der Waals surface area contributed by atoms with Crippen molar-refractivity contribution in [1.29, 1.82) is 0 Å². The lowest BCUT2D eigenvalue weighted by molar-refractivity contribution is -0.192. The molecule has 0 bridgehead atoms. The van der Waals surface area contributed by atoms with Gasteiger partial charge in [-0.25, -0.2) is 0 Å². The second-order valence-corrected chi connectivity index (χ2v) is 4.74. The van der Waals surface area contributed by atoms with Crippen LogP contribution in [0.3, 0.4) is 0 Å². The maximum absolute atomic E-state index is 10.2. The van der Waals surface area contributed by atoms with Crippen LogP contribution in [0.1, 0.15) is 46.0 Å². The summed E-state index contributed by atoms with van der Waals surface area (Å²) in [4.78, 5) is 0. The topological polar surface area (TPSA) is 20.2 Å². The van der Waals surface area contributed by atoms with Gasteiger partial charge >= 0.3 is 0 Å². The van der Waals surface area contributed by atoms with E-state index in [0.717, 1.165) is 18.8 Å². The fraction of sp³-hybridized carbons (Fsp3) is 1.00. The lowest BCUT2D eigenvalue weighted by Gasteiger charge is -2.59. The zero-order valence-corrected chi connectivity index (χ0v) is 7.56. The van der Waals surface area contributed by atoms with Crippen LogP contribution in [-0.4, -0.2) is 10.7 Å². The quantitative estimate of drug-likeness (QED) is 0.614. The molecule has 2 saturated carbocycles. The van der Waals surface area contributed by atoms with Crippen LogP contribution >= 0.6 is 0 Å². The Kier molecular flexibility index (Phi) is 1.39. The van der Waals surface area contributed by atoms with Crippen LogP contribution in [0.5, 0.6) is 0 Å². The molecule has 0 amide bonds. The Morgan fingerprint density at radius 3 is 2.00 bits per heavy atom. The van der Waals surface area contributed by atoms with Gasteiger partial charge in [0, 0.05) is 0 Å². The molecule has 1 N–H and O–H groups in total. The first kappa shape index (κ1) is 7.60. The van der Waals surface area contributed by atoms with Crippen molar-refractivity contribution < 1.29 is 5.11 Å². The van der Waals surface area contributed by atoms with Gasteiger partial charge in [0.15, 0.2) is 0 Å². The Balaban J connectivity index is 2.13. The van der Waals surface area contributed by atoms with E-state index in [-0.39, 0.29) is 11.0 Å². The molecule has 0 unspecified atom stereocenters. The molecule has 0 saturated heterocycles. The lowest BCUT2D eigenvalue weighted by Crippen LogP contribution is -2.59. The van der Waals surface area contributed by atoms with Crippen molar-refractivity contribution in [3.8, 4) is 0 Å². The normalized spacial score (nSPS) is 47.7. The Morgan fingerprint density at radius 2 is 1.91 bits per heavy atom. The van der Waals surface area contributed by atoms with Crippen LogP contribution in [-0.2, 0) is 0 Å². The molecule has 64 valence electrons. The second kappa shape index (κ2) is 2.01. The first-order chi connectivity index (χ1) is 5.08. The van der Waals surface area contributed by atoms with E-state index >= 15 is 0 Å². The van der Waals surface area contributed by atoms with E-state index < -0.39 is 0 Å². The van der Waals surface area contributed by atoms with Crippen molar-refractivity contribution >= 4 is 0 Å². The summed E-state index contributed by atoms with van der Waals surface area (Å²) in [6.07, 6.45) is 5.89. The Bertz CT molecular complexity index is 172. The first-order valence-electron chi connectivity index (χ1n) is 4.81. The monoisotopic (exact) mass is 154 g/mol. The van der Waals surface area contributed by atoms with Crippen molar-refractivity contribution in [2.45, 2.75) is 51.6 Å². The third-order valence-corrected chi connectivity index (χ3v) is 4.43. The van der Waals surface area contributed by atoms with E-state index in [2.05, 4.69) is 13.8 Å². The third kappa shape index (κ3) is 0.752. The molecular weight excluding hydrogens is 136 g/mol. The van der Waals surface area contributed by atoms with Crippen molar-refractivity contribution in [2.75, 3.05) is 0 Å². The molecule has 1 heteroatoms. The van der Waals surface area contributed by atoms with Gasteiger partial charge in [-0.2, -0.15) is 0 Å². The molecule has 2 aliphatic rings. The molecule has 2 fully saturated rings. The summed E-state index contributed by atoms with van der Waals surface area (Å²) in [6.45, 7) is 4.54. The molecule has 0 aliphatic heterocycles. The second-order valence-electron chi connectivity index (χ2n) is 4.74. The molecule has 11 heavy (non-hydrogen) atoms. The van der Waals surface area contributed by atoms with Gasteiger partial charge in [0.1, 0.15) is 0 Å². The highest BCUT2D eigenvalue weighted by molar-refractivity contribution is 5.08. The molecule has 0 aromatic carbocycles. The fourth-order valence-corrected chi connectivity index (χ4v) is 2.64. The highest BCUT2D eigenvalue weighted by Crippen LogP contribution is 2.59. The summed E-state index contributed by atoms with van der Waals surface area (Å²) < 4.78 is 0. The molecular formula is C10H18O. The minimum Gasteiger partial charge on any atom is -0.389 e. The predicted octanol–water partition coefficient (Wildman–Crippen LogP) is 2.34. The van der Waals surface area contributed by atoms with E-state index in [9.17, 15) is 5.11 Å². The minimum atomic E-state index is -0.273. The largest absolute Gasteiger partial charge is 0.389 e. The van der Waals surface area contributed by atoms with Gasteiger partial charge in [-0.15, -0.1) is 0 Å². The van der Waals surface area contributed by atoms with Crippen LogP contribution in [0.15, 0.2) is 0 Å². The zero-order chi connectivity index (χ0) is 8.11. The average molecular weight is 154 g/mol. The van der Waals surface area contributed by atoms with Crippen LogP contribution in [0.4, 0.5) is 0 Å². The number of rotatable bonds is 1. The van der Waals surface area contributed by atoms with E-state index in [4.69, 9.17) is 0 Å². The molecule has 2 atom stereocenters. The van der Waals surface area contributed by atoms with Crippen molar-refractivity contribution in [3.63, 3.8) is 0 Å². The van der Waals surface area contributed by atoms with Crippen LogP contribution < -0.4 is 0 Å². The van der Waals surface area contributed by atoms with E-state index in [1.54, 1.807) is 0 Å². The van der Waals surface area contributed by atoms with Gasteiger partial charge in [-0.05, 0) is 43.4 Å². The molecule has 0 heterocycles. The molecule has 0 spiro atoms. The SMILES string of the molecule is C[C@@H]1CC[C@@]1(C)C1(O)CCC1. The predicted molar refractivity (Wildman–Crippen MR) is 45.3 cm³/mol. The highest BCUT2D eigenvalue weighted by Gasteiger charge is 2.57. The third-order valence-electron chi connectivity index (χ3n) is 4.43. The van der Waals surface area contributed by atoms with Crippen molar-refractivity contribution in [2.24, 2.45) is 11.3 Å². The summed E-state index contributed by atoms with van der Waals surface area (Å²) in [7, 11) is 0. The molecule has 0 aromatic rings. The number of aliphatic hydroxyl groups is 1. The summed E-state index contributed by atoms with van der Waals surface area (Å²) in [5, 5.41) is 10.2. The zero-order valence-electron chi connectivity index (χ0n) is 7.56. The van der Waals surface area contributed by atoms with Gasteiger partial charge in [0.05, 0.1) is 5.60 Å². The molecule has 0 aromatic heterocycles. The summed E-state index contributed by atoms with van der Waals surface area (Å²) in [5.41, 5.74) is -0.00405. The summed E-state index contributed by atoms with van der Waals surface area (Å²) >= 11 is 0. The summed E-state index contributed by atoms with van der Waals surface area (Å²) in [6, 6.07) is 0. The molecule has 2 aliphatic carbocycles. The lowest BCUT2D eigenvalue weighted by atomic mass is 9.48. The van der Waals surface area contributed by atoms with Gasteiger partial charge < -0.3 is 5.11 Å². The standard InChI is InChI=1S/C10H18O/c1-8-4-7-9(8,2)10(11)5-3-6-10/h8,11H,3-7H2,1-2H3/t8-,9-/m1/s1. The van der Waals surface area contributed by atoms with E-state index in [1.807, 2.05) is 0 Å². The van der Waals surface area contributed by atoms with Crippen molar-refractivity contribution in [3.05, 3.63) is 0 Å². The number of hydrogen-bond donors (Lipinski definition) is 1. The van der Waals surface area contributed by atoms with Gasteiger partial charge in [0.25, 0.3) is 0 Å².